The van der Waals surface area contributed by atoms with Crippen LogP contribution in [-0.2, 0) is 11.2 Å². The number of aromatic nitrogens is 1. The van der Waals surface area contributed by atoms with Gasteiger partial charge in [0.05, 0.1) is 11.4 Å². The van der Waals surface area contributed by atoms with Crippen molar-refractivity contribution in [2.45, 2.75) is 18.2 Å². The van der Waals surface area contributed by atoms with Crippen molar-refractivity contribution in [1.82, 2.24) is 4.98 Å². The van der Waals surface area contributed by atoms with Gasteiger partial charge < -0.3 is 5.32 Å². The smallest absolute Gasteiger partial charge is 0.236 e. The minimum Gasteiger partial charge on any atom is -0.301 e. The van der Waals surface area contributed by atoms with Gasteiger partial charge in [0.25, 0.3) is 0 Å². The molecule has 0 saturated carbocycles. The van der Waals surface area contributed by atoms with Gasteiger partial charge in [-0.2, -0.15) is 0 Å². The molecule has 1 aromatic heterocycles. The second-order valence-electron chi connectivity index (χ2n) is 5.38. The zero-order valence-electron chi connectivity index (χ0n) is 13.7. The quantitative estimate of drug-likeness (QED) is 0.602. The highest BCUT2D eigenvalue weighted by molar-refractivity contribution is 8.00. The summed E-state index contributed by atoms with van der Waals surface area (Å²) in [6.45, 7) is 2.12. The standard InChI is InChI=1S/C19H17FN2OS2/c1-2-13-3-5-14(6-4-13)17-11-25-19(21-17)22-18(23)12-24-16-9-7-15(20)8-10-16/h3-11H,2,12H2,1H3,(H,21,22,23). The highest BCUT2D eigenvalue weighted by atomic mass is 32.2. The summed E-state index contributed by atoms with van der Waals surface area (Å²) in [7, 11) is 0. The first-order valence-electron chi connectivity index (χ1n) is 7.87. The van der Waals surface area contributed by atoms with Crippen LogP contribution in [0.4, 0.5) is 9.52 Å². The van der Waals surface area contributed by atoms with Gasteiger partial charge in [0.1, 0.15) is 5.82 Å². The number of anilines is 1. The third-order valence-electron chi connectivity index (χ3n) is 3.59. The van der Waals surface area contributed by atoms with Gasteiger partial charge in [-0.05, 0) is 36.2 Å². The van der Waals surface area contributed by atoms with E-state index in [0.717, 1.165) is 22.6 Å². The predicted molar refractivity (Wildman–Crippen MR) is 103 cm³/mol. The number of amides is 1. The normalized spacial score (nSPS) is 10.6. The van der Waals surface area contributed by atoms with Crippen molar-refractivity contribution in [3.8, 4) is 11.3 Å². The molecule has 1 N–H and O–H groups in total. The third kappa shape index (κ3) is 4.90. The number of aryl methyl sites for hydroxylation is 1. The van der Waals surface area contributed by atoms with E-state index in [1.54, 1.807) is 12.1 Å². The van der Waals surface area contributed by atoms with Gasteiger partial charge in [-0.3, -0.25) is 4.79 Å². The molecule has 0 fully saturated rings. The number of thioether (sulfide) groups is 1. The zero-order chi connectivity index (χ0) is 17.6. The van der Waals surface area contributed by atoms with Crippen LogP contribution in [-0.4, -0.2) is 16.6 Å². The van der Waals surface area contributed by atoms with Crippen LogP contribution in [0.15, 0.2) is 58.8 Å². The molecular formula is C19H17FN2OS2. The number of nitrogens with zero attached hydrogens (tertiary/aromatic N) is 1. The highest BCUT2D eigenvalue weighted by Gasteiger charge is 2.09. The van der Waals surface area contributed by atoms with Gasteiger partial charge in [0.15, 0.2) is 5.13 Å². The average Bonchev–Trinajstić information content (AvgIpc) is 3.10. The highest BCUT2D eigenvalue weighted by Crippen LogP contribution is 2.26. The minimum atomic E-state index is -0.281. The van der Waals surface area contributed by atoms with Crippen molar-refractivity contribution >= 4 is 34.1 Å². The first-order chi connectivity index (χ1) is 12.1. The van der Waals surface area contributed by atoms with Gasteiger partial charge >= 0.3 is 0 Å². The summed E-state index contributed by atoms with van der Waals surface area (Å²) in [4.78, 5) is 17.4. The van der Waals surface area contributed by atoms with E-state index in [-0.39, 0.29) is 17.5 Å². The summed E-state index contributed by atoms with van der Waals surface area (Å²) in [6.07, 6.45) is 1.00. The molecule has 3 aromatic rings. The molecule has 0 atom stereocenters. The number of rotatable bonds is 6. The Kier molecular flexibility index (Phi) is 5.83. The molecule has 1 heterocycles. The fraction of sp³-hybridized carbons (Fsp3) is 0.158. The fourth-order valence-corrected chi connectivity index (χ4v) is 3.64. The molecule has 0 radical (unpaired) electrons. The van der Waals surface area contributed by atoms with Crippen LogP contribution in [0.3, 0.4) is 0 Å². The van der Waals surface area contributed by atoms with Crippen molar-refractivity contribution in [2.24, 2.45) is 0 Å². The fourth-order valence-electron chi connectivity index (χ4n) is 2.21. The molecule has 0 spiro atoms. The molecule has 0 unspecified atom stereocenters. The number of nitrogens with one attached hydrogen (secondary N) is 1. The number of carbonyl (C=O) groups excluding carboxylic acids is 1. The maximum atomic E-state index is 12.9. The average molecular weight is 372 g/mol. The molecule has 0 aliphatic heterocycles. The summed E-state index contributed by atoms with van der Waals surface area (Å²) < 4.78 is 12.9. The largest absolute Gasteiger partial charge is 0.301 e. The lowest BCUT2D eigenvalue weighted by Crippen LogP contribution is -2.13. The van der Waals surface area contributed by atoms with Crippen molar-refractivity contribution in [2.75, 3.05) is 11.1 Å². The molecule has 2 aromatic carbocycles. The Labute approximate surface area is 154 Å². The van der Waals surface area contributed by atoms with E-state index in [4.69, 9.17) is 0 Å². The SMILES string of the molecule is CCc1ccc(-c2csc(NC(=O)CSc3ccc(F)cc3)n2)cc1. The van der Waals surface area contributed by atoms with E-state index in [2.05, 4.69) is 29.4 Å². The maximum absolute atomic E-state index is 12.9. The molecule has 0 aliphatic carbocycles. The van der Waals surface area contributed by atoms with Gasteiger partial charge in [-0.25, -0.2) is 9.37 Å². The van der Waals surface area contributed by atoms with E-state index in [0.29, 0.717) is 5.13 Å². The lowest BCUT2D eigenvalue weighted by Gasteiger charge is -2.02. The van der Waals surface area contributed by atoms with Crippen LogP contribution < -0.4 is 5.32 Å². The summed E-state index contributed by atoms with van der Waals surface area (Å²) >= 11 is 2.77. The second-order valence-corrected chi connectivity index (χ2v) is 7.29. The molecular weight excluding hydrogens is 355 g/mol. The zero-order valence-corrected chi connectivity index (χ0v) is 15.3. The monoisotopic (exact) mass is 372 g/mol. The van der Waals surface area contributed by atoms with Crippen LogP contribution in [0.1, 0.15) is 12.5 Å². The van der Waals surface area contributed by atoms with E-state index < -0.39 is 0 Å². The van der Waals surface area contributed by atoms with Gasteiger partial charge in [-0.15, -0.1) is 23.1 Å². The Hall–Kier alpha value is -2.18. The van der Waals surface area contributed by atoms with Gasteiger partial charge in [0, 0.05) is 15.8 Å². The number of halogens is 1. The predicted octanol–water partition coefficient (Wildman–Crippen LogP) is 5.24. The van der Waals surface area contributed by atoms with Crippen molar-refractivity contribution in [3.63, 3.8) is 0 Å². The topological polar surface area (TPSA) is 42.0 Å². The van der Waals surface area contributed by atoms with Crippen LogP contribution in [0.25, 0.3) is 11.3 Å². The maximum Gasteiger partial charge on any atom is 0.236 e. The van der Waals surface area contributed by atoms with Crippen molar-refractivity contribution in [1.29, 1.82) is 0 Å². The van der Waals surface area contributed by atoms with Crippen molar-refractivity contribution in [3.05, 3.63) is 65.3 Å². The first-order valence-corrected chi connectivity index (χ1v) is 9.73. The van der Waals surface area contributed by atoms with E-state index in [9.17, 15) is 9.18 Å². The second kappa shape index (κ2) is 8.27. The Balaban J connectivity index is 1.56. The number of hydrogen-bond acceptors (Lipinski definition) is 4. The molecule has 128 valence electrons. The number of hydrogen-bond donors (Lipinski definition) is 1. The molecule has 6 heteroatoms. The lowest BCUT2D eigenvalue weighted by atomic mass is 10.1. The Morgan fingerprint density at radius 1 is 1.16 bits per heavy atom. The molecule has 0 saturated heterocycles. The molecule has 0 aliphatic rings. The third-order valence-corrected chi connectivity index (χ3v) is 5.36. The molecule has 3 nitrogen and oxygen atoms in total. The molecule has 3 rings (SSSR count). The Bertz CT molecular complexity index is 845. The summed E-state index contributed by atoms with van der Waals surface area (Å²) in [6, 6.07) is 14.4. The van der Waals surface area contributed by atoms with Crippen LogP contribution >= 0.6 is 23.1 Å². The van der Waals surface area contributed by atoms with Gasteiger partial charge in [0.2, 0.25) is 5.91 Å². The number of benzene rings is 2. The Morgan fingerprint density at radius 3 is 2.56 bits per heavy atom. The van der Waals surface area contributed by atoms with Crippen LogP contribution in [0.2, 0.25) is 0 Å². The van der Waals surface area contributed by atoms with Crippen LogP contribution in [0, 0.1) is 5.82 Å². The number of carbonyl (C=O) groups is 1. The minimum absolute atomic E-state index is 0.128. The van der Waals surface area contributed by atoms with E-state index in [1.807, 2.05) is 17.5 Å². The van der Waals surface area contributed by atoms with Gasteiger partial charge in [-0.1, -0.05) is 31.2 Å². The van der Waals surface area contributed by atoms with E-state index >= 15 is 0 Å². The Morgan fingerprint density at radius 2 is 1.88 bits per heavy atom. The summed E-state index contributed by atoms with van der Waals surface area (Å²) in [5.74, 6) is -0.154. The lowest BCUT2D eigenvalue weighted by molar-refractivity contribution is -0.113. The summed E-state index contributed by atoms with van der Waals surface area (Å²) in [5.41, 5.74) is 3.18. The molecule has 0 bridgehead atoms. The van der Waals surface area contributed by atoms with Crippen molar-refractivity contribution < 1.29 is 9.18 Å². The number of thiazole rings is 1. The summed E-state index contributed by atoms with van der Waals surface area (Å²) in [5, 5.41) is 5.33. The first kappa shape index (κ1) is 17.6. The molecule has 25 heavy (non-hydrogen) atoms. The van der Waals surface area contributed by atoms with E-state index in [1.165, 1.54) is 40.8 Å². The van der Waals surface area contributed by atoms with Crippen LogP contribution in [0.5, 0.6) is 0 Å². The molecule has 1 amide bonds.